The lowest BCUT2D eigenvalue weighted by Crippen LogP contribution is -2.40. The van der Waals surface area contributed by atoms with Crippen molar-refractivity contribution in [1.29, 1.82) is 0 Å². The number of likely N-dealkylation sites (tertiary alicyclic amines) is 1. The third-order valence-electron chi connectivity index (χ3n) is 3.77. The summed E-state index contributed by atoms with van der Waals surface area (Å²) in [6, 6.07) is 11.0. The quantitative estimate of drug-likeness (QED) is 0.928. The minimum atomic E-state index is -0.445. The predicted molar refractivity (Wildman–Crippen MR) is 84.2 cm³/mol. The summed E-state index contributed by atoms with van der Waals surface area (Å²) in [5.74, 6) is 0. The van der Waals surface area contributed by atoms with Gasteiger partial charge in [-0.15, -0.1) is 0 Å². The van der Waals surface area contributed by atoms with Crippen LogP contribution in [0.2, 0.25) is 0 Å². The SMILES string of the molecule is C[C@H](c1ccccc1)N1CC[C@H](NC(=O)OC(C)(C)C)C1. The van der Waals surface area contributed by atoms with Crippen molar-refractivity contribution in [1.82, 2.24) is 10.2 Å². The summed E-state index contributed by atoms with van der Waals surface area (Å²) in [5.41, 5.74) is 0.870. The van der Waals surface area contributed by atoms with Gasteiger partial charge in [0.15, 0.2) is 0 Å². The number of nitrogens with zero attached hydrogens (tertiary/aromatic N) is 1. The fraction of sp³-hybridized carbons (Fsp3) is 0.588. The molecule has 1 N–H and O–H groups in total. The average molecular weight is 290 g/mol. The molecule has 0 aromatic heterocycles. The van der Waals surface area contributed by atoms with Crippen molar-refractivity contribution in [3.8, 4) is 0 Å². The van der Waals surface area contributed by atoms with E-state index in [9.17, 15) is 4.79 Å². The van der Waals surface area contributed by atoms with Gasteiger partial charge in [0.1, 0.15) is 5.60 Å². The fourth-order valence-electron chi connectivity index (χ4n) is 2.67. The van der Waals surface area contributed by atoms with Crippen LogP contribution in [-0.4, -0.2) is 35.7 Å². The van der Waals surface area contributed by atoms with Crippen molar-refractivity contribution in [2.24, 2.45) is 0 Å². The summed E-state index contributed by atoms with van der Waals surface area (Å²) < 4.78 is 5.31. The predicted octanol–water partition coefficient (Wildman–Crippen LogP) is 3.35. The highest BCUT2D eigenvalue weighted by molar-refractivity contribution is 5.68. The summed E-state index contributed by atoms with van der Waals surface area (Å²) in [4.78, 5) is 14.2. The third-order valence-corrected chi connectivity index (χ3v) is 3.77. The first-order valence-corrected chi connectivity index (χ1v) is 7.63. The Bertz CT molecular complexity index is 467. The second-order valence-corrected chi connectivity index (χ2v) is 6.71. The highest BCUT2D eigenvalue weighted by atomic mass is 16.6. The molecule has 21 heavy (non-hydrogen) atoms. The van der Waals surface area contributed by atoms with E-state index in [2.05, 4.69) is 41.4 Å². The number of amides is 1. The molecule has 4 heteroatoms. The largest absolute Gasteiger partial charge is 0.444 e. The number of benzene rings is 1. The average Bonchev–Trinajstić information content (AvgIpc) is 2.85. The molecule has 4 nitrogen and oxygen atoms in total. The molecule has 0 spiro atoms. The second kappa shape index (κ2) is 6.48. The van der Waals surface area contributed by atoms with E-state index in [1.54, 1.807) is 0 Å². The third kappa shape index (κ3) is 4.74. The number of nitrogens with one attached hydrogen (secondary N) is 1. The normalized spacial score (nSPS) is 21.0. The summed E-state index contributed by atoms with van der Waals surface area (Å²) in [6.45, 7) is 9.72. The molecule has 1 aromatic carbocycles. The van der Waals surface area contributed by atoms with E-state index < -0.39 is 5.60 Å². The Balaban J connectivity index is 1.85. The minimum absolute atomic E-state index is 0.172. The van der Waals surface area contributed by atoms with E-state index in [-0.39, 0.29) is 12.1 Å². The molecule has 1 aliphatic rings. The van der Waals surface area contributed by atoms with Crippen molar-refractivity contribution >= 4 is 6.09 Å². The Kier molecular flexibility index (Phi) is 4.88. The topological polar surface area (TPSA) is 41.6 Å². The highest BCUT2D eigenvalue weighted by Gasteiger charge is 2.29. The van der Waals surface area contributed by atoms with Gasteiger partial charge in [-0.25, -0.2) is 4.79 Å². The number of carbonyl (C=O) groups is 1. The van der Waals surface area contributed by atoms with Crippen LogP contribution >= 0.6 is 0 Å². The molecule has 1 amide bonds. The van der Waals surface area contributed by atoms with E-state index in [0.717, 1.165) is 19.5 Å². The van der Waals surface area contributed by atoms with Gasteiger partial charge in [-0.2, -0.15) is 0 Å². The van der Waals surface area contributed by atoms with Crippen molar-refractivity contribution in [2.75, 3.05) is 13.1 Å². The zero-order chi connectivity index (χ0) is 15.5. The van der Waals surface area contributed by atoms with Gasteiger partial charge in [-0.05, 0) is 39.7 Å². The van der Waals surface area contributed by atoms with Crippen LogP contribution in [0.3, 0.4) is 0 Å². The molecule has 1 heterocycles. The lowest BCUT2D eigenvalue weighted by atomic mass is 10.1. The summed E-state index contributed by atoms with van der Waals surface area (Å²) in [6.07, 6.45) is 0.651. The van der Waals surface area contributed by atoms with Gasteiger partial charge in [0.05, 0.1) is 0 Å². The molecule has 0 aliphatic carbocycles. The van der Waals surface area contributed by atoms with E-state index in [1.165, 1.54) is 5.56 Å². The number of rotatable bonds is 3. The Morgan fingerprint density at radius 3 is 2.62 bits per heavy atom. The molecule has 0 bridgehead atoms. The van der Waals surface area contributed by atoms with Crippen LogP contribution in [0.25, 0.3) is 0 Å². The molecule has 0 radical (unpaired) electrons. The minimum Gasteiger partial charge on any atom is -0.444 e. The van der Waals surface area contributed by atoms with Crippen LogP contribution in [0.4, 0.5) is 4.79 Å². The monoisotopic (exact) mass is 290 g/mol. The molecule has 2 atom stereocenters. The van der Waals surface area contributed by atoms with Crippen molar-refractivity contribution in [2.45, 2.75) is 51.8 Å². The molecule has 2 rings (SSSR count). The smallest absolute Gasteiger partial charge is 0.407 e. The van der Waals surface area contributed by atoms with E-state index >= 15 is 0 Å². The summed E-state index contributed by atoms with van der Waals surface area (Å²) in [5, 5.41) is 2.97. The van der Waals surface area contributed by atoms with Crippen LogP contribution in [0.5, 0.6) is 0 Å². The summed E-state index contributed by atoms with van der Waals surface area (Å²) in [7, 11) is 0. The number of hydrogen-bond donors (Lipinski definition) is 1. The molecule has 116 valence electrons. The summed E-state index contributed by atoms with van der Waals surface area (Å²) >= 11 is 0. The van der Waals surface area contributed by atoms with Crippen LogP contribution in [-0.2, 0) is 4.74 Å². The van der Waals surface area contributed by atoms with Gasteiger partial charge in [-0.3, -0.25) is 4.90 Å². The molecule has 1 fully saturated rings. The maximum Gasteiger partial charge on any atom is 0.407 e. The number of carbonyl (C=O) groups excluding carboxylic acids is 1. The molecular formula is C17H26N2O2. The van der Waals surface area contributed by atoms with E-state index in [1.807, 2.05) is 26.8 Å². The molecule has 1 aliphatic heterocycles. The first kappa shape index (κ1) is 15.8. The second-order valence-electron chi connectivity index (χ2n) is 6.71. The van der Waals surface area contributed by atoms with Gasteiger partial charge >= 0.3 is 6.09 Å². The first-order valence-electron chi connectivity index (χ1n) is 7.63. The van der Waals surface area contributed by atoms with Crippen LogP contribution in [0, 0.1) is 0 Å². The van der Waals surface area contributed by atoms with Crippen molar-refractivity contribution in [3.05, 3.63) is 35.9 Å². The Labute approximate surface area is 127 Å². The number of hydrogen-bond acceptors (Lipinski definition) is 3. The van der Waals surface area contributed by atoms with Gasteiger partial charge in [0.25, 0.3) is 0 Å². The van der Waals surface area contributed by atoms with Crippen LogP contribution < -0.4 is 5.32 Å². The van der Waals surface area contributed by atoms with E-state index in [0.29, 0.717) is 6.04 Å². The zero-order valence-electron chi connectivity index (χ0n) is 13.4. The van der Waals surface area contributed by atoms with Crippen molar-refractivity contribution < 1.29 is 9.53 Å². The molecule has 0 saturated carbocycles. The lowest BCUT2D eigenvalue weighted by molar-refractivity contribution is 0.0504. The lowest BCUT2D eigenvalue weighted by Gasteiger charge is -2.25. The van der Waals surface area contributed by atoms with E-state index in [4.69, 9.17) is 4.74 Å². The standard InChI is InChI=1S/C17H26N2O2/c1-13(14-8-6-5-7-9-14)19-11-10-15(12-19)18-16(20)21-17(2,3)4/h5-9,13,15H,10-12H2,1-4H3,(H,18,20)/t13-,15+/m1/s1. The molecule has 1 saturated heterocycles. The van der Waals surface area contributed by atoms with Crippen LogP contribution in [0.1, 0.15) is 45.7 Å². The maximum absolute atomic E-state index is 11.8. The highest BCUT2D eigenvalue weighted by Crippen LogP contribution is 2.24. The van der Waals surface area contributed by atoms with Crippen molar-refractivity contribution in [3.63, 3.8) is 0 Å². The van der Waals surface area contributed by atoms with Gasteiger partial charge in [0.2, 0.25) is 0 Å². The molecule has 1 aromatic rings. The van der Waals surface area contributed by atoms with Gasteiger partial charge in [0, 0.05) is 25.2 Å². The Hall–Kier alpha value is -1.55. The zero-order valence-corrected chi connectivity index (χ0v) is 13.4. The van der Waals surface area contributed by atoms with Gasteiger partial charge in [-0.1, -0.05) is 30.3 Å². The Morgan fingerprint density at radius 1 is 1.33 bits per heavy atom. The molecule has 0 unspecified atom stereocenters. The fourth-order valence-corrected chi connectivity index (χ4v) is 2.67. The van der Waals surface area contributed by atoms with Gasteiger partial charge < -0.3 is 10.1 Å². The Morgan fingerprint density at radius 2 is 2.00 bits per heavy atom. The van der Waals surface area contributed by atoms with Crippen LogP contribution in [0.15, 0.2) is 30.3 Å². The first-order chi connectivity index (χ1) is 9.85. The number of ether oxygens (including phenoxy) is 1. The number of alkyl carbamates (subject to hydrolysis) is 1. The molecular weight excluding hydrogens is 264 g/mol. The maximum atomic E-state index is 11.8.